The summed E-state index contributed by atoms with van der Waals surface area (Å²) in [6, 6.07) is 5.86. The molecule has 0 aromatic carbocycles. The van der Waals surface area contributed by atoms with Crippen LogP contribution in [0.3, 0.4) is 0 Å². The van der Waals surface area contributed by atoms with Crippen molar-refractivity contribution in [1.29, 1.82) is 0 Å². The van der Waals surface area contributed by atoms with Gasteiger partial charge in [-0.3, -0.25) is 4.79 Å². The smallest absolute Gasteiger partial charge is 0.255 e. The maximum absolute atomic E-state index is 12.5. The minimum absolute atomic E-state index is 0.0707. The normalized spacial score (nSPS) is 13.9. The topological polar surface area (TPSA) is 45.2 Å². The molecule has 5 heteroatoms. The lowest BCUT2D eigenvalue weighted by molar-refractivity contribution is 0.0735. The summed E-state index contributed by atoms with van der Waals surface area (Å²) in [5.41, 5.74) is 1.95. The third-order valence-electron chi connectivity index (χ3n) is 3.66. The third kappa shape index (κ3) is 3.08. The van der Waals surface area contributed by atoms with Gasteiger partial charge in [0, 0.05) is 30.7 Å². The highest BCUT2D eigenvalue weighted by Gasteiger charge is 2.22. The summed E-state index contributed by atoms with van der Waals surface area (Å²) in [6.45, 7) is 4.52. The first-order valence-corrected chi connectivity index (χ1v) is 8.20. The fraction of sp³-hybridized carbons (Fsp3) is 0.375. The van der Waals surface area contributed by atoms with Crippen LogP contribution >= 0.6 is 11.3 Å². The maximum atomic E-state index is 12.5. The molecule has 110 valence electrons. The first kappa shape index (κ1) is 14.1. The van der Waals surface area contributed by atoms with Gasteiger partial charge in [-0.25, -0.2) is 4.98 Å². The van der Waals surface area contributed by atoms with Crippen molar-refractivity contribution in [2.24, 2.45) is 0 Å². The number of nitrogens with zero attached hydrogens (tertiary/aromatic N) is 2. The van der Waals surface area contributed by atoms with Crippen LogP contribution in [0.25, 0.3) is 0 Å². The molecular formula is C16H19N3OS. The van der Waals surface area contributed by atoms with Crippen LogP contribution in [0, 0.1) is 0 Å². The Morgan fingerprint density at radius 3 is 3.10 bits per heavy atom. The lowest BCUT2D eigenvalue weighted by Gasteiger charge is -2.27. The summed E-state index contributed by atoms with van der Waals surface area (Å²) in [5.74, 6) is 0.897. The van der Waals surface area contributed by atoms with Crippen molar-refractivity contribution in [3.63, 3.8) is 0 Å². The van der Waals surface area contributed by atoms with E-state index in [9.17, 15) is 4.79 Å². The van der Waals surface area contributed by atoms with E-state index in [0.29, 0.717) is 12.1 Å². The average molecular weight is 301 g/mol. The Bertz CT molecular complexity index is 621. The Hall–Kier alpha value is -1.88. The summed E-state index contributed by atoms with van der Waals surface area (Å²) in [7, 11) is 0. The summed E-state index contributed by atoms with van der Waals surface area (Å²) < 4.78 is 0. The number of nitrogens with one attached hydrogen (secondary N) is 1. The molecule has 0 radical (unpaired) electrons. The van der Waals surface area contributed by atoms with Gasteiger partial charge in [-0.2, -0.15) is 0 Å². The van der Waals surface area contributed by atoms with Gasteiger partial charge >= 0.3 is 0 Å². The number of thiophene rings is 1. The van der Waals surface area contributed by atoms with Crippen molar-refractivity contribution in [3.05, 3.63) is 45.8 Å². The van der Waals surface area contributed by atoms with Crippen LogP contribution in [0.2, 0.25) is 0 Å². The van der Waals surface area contributed by atoms with E-state index in [0.717, 1.165) is 31.7 Å². The van der Waals surface area contributed by atoms with Crippen LogP contribution in [0.1, 0.15) is 34.1 Å². The lowest BCUT2D eigenvalue weighted by Crippen LogP contribution is -2.35. The SMILES string of the molecule is CCCNc1ccc(C(=O)N2CCc3sccc3C2)cn1. The monoisotopic (exact) mass is 301 g/mol. The molecule has 1 aliphatic heterocycles. The van der Waals surface area contributed by atoms with E-state index in [4.69, 9.17) is 0 Å². The summed E-state index contributed by atoms with van der Waals surface area (Å²) in [5, 5.41) is 5.32. The highest BCUT2D eigenvalue weighted by Crippen LogP contribution is 2.25. The zero-order valence-electron chi connectivity index (χ0n) is 12.1. The second-order valence-corrected chi connectivity index (χ2v) is 6.21. The standard InChI is InChI=1S/C16H19N3OS/c1-2-7-17-15-4-3-12(10-18-15)16(20)19-8-5-14-13(11-19)6-9-21-14/h3-4,6,9-10H,2,5,7-8,11H2,1H3,(H,17,18). The van der Waals surface area contributed by atoms with Crippen LogP contribution < -0.4 is 5.32 Å². The predicted molar refractivity (Wildman–Crippen MR) is 85.8 cm³/mol. The number of carbonyl (C=O) groups excluding carboxylic acids is 1. The predicted octanol–water partition coefficient (Wildman–Crippen LogP) is 3.16. The first-order valence-electron chi connectivity index (χ1n) is 7.32. The number of carbonyl (C=O) groups is 1. The fourth-order valence-electron chi connectivity index (χ4n) is 2.48. The molecule has 2 aromatic heterocycles. The minimum Gasteiger partial charge on any atom is -0.370 e. The third-order valence-corrected chi connectivity index (χ3v) is 4.68. The van der Waals surface area contributed by atoms with Crippen LogP contribution in [-0.2, 0) is 13.0 Å². The van der Waals surface area contributed by atoms with E-state index in [1.807, 2.05) is 17.0 Å². The molecule has 0 saturated heterocycles. The van der Waals surface area contributed by atoms with Crippen molar-refractivity contribution in [2.75, 3.05) is 18.4 Å². The van der Waals surface area contributed by atoms with Crippen molar-refractivity contribution in [1.82, 2.24) is 9.88 Å². The Balaban J connectivity index is 1.68. The molecule has 3 rings (SSSR count). The molecule has 1 N–H and O–H groups in total. The fourth-order valence-corrected chi connectivity index (χ4v) is 3.37. The minimum atomic E-state index is 0.0707. The highest BCUT2D eigenvalue weighted by molar-refractivity contribution is 7.10. The Morgan fingerprint density at radius 2 is 2.33 bits per heavy atom. The van der Waals surface area contributed by atoms with Gasteiger partial charge in [-0.1, -0.05) is 6.92 Å². The van der Waals surface area contributed by atoms with Crippen LogP contribution in [0.4, 0.5) is 5.82 Å². The molecule has 1 amide bonds. The van der Waals surface area contributed by atoms with Gasteiger partial charge in [0.1, 0.15) is 5.82 Å². The second-order valence-electron chi connectivity index (χ2n) is 5.20. The molecule has 0 bridgehead atoms. The van der Waals surface area contributed by atoms with Crippen molar-refractivity contribution >= 4 is 23.1 Å². The van der Waals surface area contributed by atoms with Crippen LogP contribution in [-0.4, -0.2) is 28.9 Å². The van der Waals surface area contributed by atoms with Gasteiger partial charge in [0.15, 0.2) is 0 Å². The zero-order chi connectivity index (χ0) is 14.7. The molecule has 0 spiro atoms. The van der Waals surface area contributed by atoms with E-state index in [-0.39, 0.29) is 5.91 Å². The van der Waals surface area contributed by atoms with Gasteiger partial charge in [-0.15, -0.1) is 11.3 Å². The molecule has 2 aromatic rings. The van der Waals surface area contributed by atoms with Gasteiger partial charge in [0.05, 0.1) is 5.56 Å². The van der Waals surface area contributed by atoms with E-state index in [2.05, 4.69) is 28.7 Å². The summed E-state index contributed by atoms with van der Waals surface area (Å²) in [6.07, 6.45) is 3.69. The number of anilines is 1. The van der Waals surface area contributed by atoms with Crippen molar-refractivity contribution in [3.8, 4) is 0 Å². The number of amides is 1. The molecule has 3 heterocycles. The van der Waals surface area contributed by atoms with Crippen molar-refractivity contribution < 1.29 is 4.79 Å². The van der Waals surface area contributed by atoms with Crippen molar-refractivity contribution in [2.45, 2.75) is 26.3 Å². The molecule has 0 atom stereocenters. The van der Waals surface area contributed by atoms with E-state index in [1.54, 1.807) is 17.5 Å². The quantitative estimate of drug-likeness (QED) is 0.943. The number of hydrogen-bond donors (Lipinski definition) is 1. The van der Waals surface area contributed by atoms with Gasteiger partial charge < -0.3 is 10.2 Å². The molecule has 1 aliphatic rings. The summed E-state index contributed by atoms with van der Waals surface area (Å²) in [4.78, 5) is 20.2. The number of rotatable bonds is 4. The Morgan fingerprint density at radius 1 is 1.43 bits per heavy atom. The number of fused-ring (bicyclic) bond motifs is 1. The second kappa shape index (κ2) is 6.26. The summed E-state index contributed by atoms with van der Waals surface area (Å²) >= 11 is 1.79. The molecule has 0 unspecified atom stereocenters. The Labute approximate surface area is 128 Å². The van der Waals surface area contributed by atoms with E-state index >= 15 is 0 Å². The van der Waals surface area contributed by atoms with Crippen LogP contribution in [0.15, 0.2) is 29.8 Å². The van der Waals surface area contributed by atoms with E-state index in [1.165, 1.54) is 10.4 Å². The number of hydrogen-bond acceptors (Lipinski definition) is 4. The zero-order valence-corrected chi connectivity index (χ0v) is 12.9. The lowest BCUT2D eigenvalue weighted by atomic mass is 10.1. The molecule has 21 heavy (non-hydrogen) atoms. The molecule has 4 nitrogen and oxygen atoms in total. The van der Waals surface area contributed by atoms with E-state index < -0.39 is 0 Å². The molecule has 0 saturated carbocycles. The number of pyridine rings is 1. The molecular weight excluding hydrogens is 282 g/mol. The first-order chi connectivity index (χ1) is 10.3. The average Bonchev–Trinajstić information content (AvgIpc) is 3.00. The Kier molecular flexibility index (Phi) is 4.20. The van der Waals surface area contributed by atoms with Crippen LogP contribution in [0.5, 0.6) is 0 Å². The molecule has 0 aliphatic carbocycles. The van der Waals surface area contributed by atoms with Gasteiger partial charge in [-0.05, 0) is 42.0 Å². The van der Waals surface area contributed by atoms with Gasteiger partial charge in [0.2, 0.25) is 0 Å². The van der Waals surface area contributed by atoms with Gasteiger partial charge in [0.25, 0.3) is 5.91 Å². The maximum Gasteiger partial charge on any atom is 0.255 e. The highest BCUT2D eigenvalue weighted by atomic mass is 32.1. The molecule has 0 fully saturated rings. The number of aromatic nitrogens is 1. The largest absolute Gasteiger partial charge is 0.370 e.